The third kappa shape index (κ3) is 3.47. The predicted molar refractivity (Wildman–Crippen MR) is 74.2 cm³/mol. The summed E-state index contributed by atoms with van der Waals surface area (Å²) in [6.45, 7) is 2.35. The lowest BCUT2D eigenvalue weighted by Gasteiger charge is -2.14. The highest BCUT2D eigenvalue weighted by molar-refractivity contribution is 6.21. The molecular formula is C15H21ClO2. The minimum absolute atomic E-state index is 0.156. The van der Waals surface area contributed by atoms with Gasteiger partial charge in [-0.15, -0.1) is 11.6 Å². The maximum absolute atomic E-state index is 6.50. The summed E-state index contributed by atoms with van der Waals surface area (Å²) in [5.74, 6) is 0.520. The standard InChI is InChI=1S/C15H21ClO2/c1-17-8-4-9-18-10-7-13-11-12-5-2-3-6-14(12)15(13)16/h2-3,5-6,13,15H,4,7-11H2,1H3. The average Bonchev–Trinajstić information content (AvgIpc) is 2.71. The molecule has 0 amide bonds. The molecule has 1 aliphatic carbocycles. The van der Waals surface area contributed by atoms with E-state index >= 15 is 0 Å². The van der Waals surface area contributed by atoms with E-state index in [4.69, 9.17) is 21.1 Å². The number of halogens is 1. The fourth-order valence-corrected chi connectivity index (χ4v) is 2.95. The Bertz CT molecular complexity index is 367. The Balaban J connectivity index is 1.70. The van der Waals surface area contributed by atoms with Crippen LogP contribution in [0.2, 0.25) is 0 Å². The van der Waals surface area contributed by atoms with Crippen LogP contribution in [0.5, 0.6) is 0 Å². The van der Waals surface area contributed by atoms with E-state index in [-0.39, 0.29) is 5.38 Å². The van der Waals surface area contributed by atoms with Gasteiger partial charge in [0.1, 0.15) is 0 Å². The topological polar surface area (TPSA) is 18.5 Å². The van der Waals surface area contributed by atoms with Gasteiger partial charge in [-0.2, -0.15) is 0 Å². The lowest BCUT2D eigenvalue weighted by atomic mass is 10.0. The van der Waals surface area contributed by atoms with Gasteiger partial charge in [-0.3, -0.25) is 0 Å². The zero-order valence-electron chi connectivity index (χ0n) is 10.9. The van der Waals surface area contributed by atoms with E-state index < -0.39 is 0 Å². The van der Waals surface area contributed by atoms with Gasteiger partial charge in [-0.05, 0) is 36.3 Å². The largest absolute Gasteiger partial charge is 0.385 e. The summed E-state index contributed by atoms with van der Waals surface area (Å²) in [7, 11) is 1.72. The van der Waals surface area contributed by atoms with Crippen LogP contribution < -0.4 is 0 Å². The van der Waals surface area contributed by atoms with Gasteiger partial charge >= 0.3 is 0 Å². The summed E-state index contributed by atoms with van der Waals surface area (Å²) in [6.07, 6.45) is 3.09. The van der Waals surface area contributed by atoms with E-state index in [0.29, 0.717) is 5.92 Å². The van der Waals surface area contributed by atoms with Gasteiger partial charge in [-0.1, -0.05) is 24.3 Å². The van der Waals surface area contributed by atoms with E-state index in [0.717, 1.165) is 39.1 Å². The Kier molecular flexibility index (Phi) is 5.48. The molecule has 0 aliphatic heterocycles. The minimum atomic E-state index is 0.156. The van der Waals surface area contributed by atoms with Crippen molar-refractivity contribution in [3.05, 3.63) is 35.4 Å². The molecule has 0 fully saturated rings. The third-order valence-electron chi connectivity index (χ3n) is 3.52. The SMILES string of the molecule is COCCCOCCC1Cc2ccccc2C1Cl. The Hall–Kier alpha value is -0.570. The van der Waals surface area contributed by atoms with Crippen LogP contribution >= 0.6 is 11.6 Å². The molecule has 0 aromatic heterocycles. The first-order valence-corrected chi connectivity index (χ1v) is 7.05. The van der Waals surface area contributed by atoms with Crippen molar-refractivity contribution in [2.24, 2.45) is 5.92 Å². The summed E-state index contributed by atoms with van der Waals surface area (Å²) in [4.78, 5) is 0. The number of methoxy groups -OCH3 is 1. The molecule has 1 aromatic rings. The molecule has 1 aromatic carbocycles. The fourth-order valence-electron chi connectivity index (χ4n) is 2.52. The van der Waals surface area contributed by atoms with E-state index in [1.54, 1.807) is 7.11 Å². The van der Waals surface area contributed by atoms with Crippen molar-refractivity contribution in [1.82, 2.24) is 0 Å². The summed E-state index contributed by atoms with van der Waals surface area (Å²) < 4.78 is 10.6. The van der Waals surface area contributed by atoms with Gasteiger partial charge in [0.15, 0.2) is 0 Å². The maximum atomic E-state index is 6.50. The highest BCUT2D eigenvalue weighted by Crippen LogP contribution is 2.42. The number of hydrogen-bond donors (Lipinski definition) is 0. The third-order valence-corrected chi connectivity index (χ3v) is 4.11. The molecule has 3 heteroatoms. The number of rotatable bonds is 7. The Morgan fingerprint density at radius 1 is 1.22 bits per heavy atom. The van der Waals surface area contributed by atoms with E-state index in [9.17, 15) is 0 Å². The van der Waals surface area contributed by atoms with E-state index in [1.807, 2.05) is 0 Å². The predicted octanol–water partition coefficient (Wildman–Crippen LogP) is 3.58. The molecule has 0 bridgehead atoms. The second-order valence-electron chi connectivity index (χ2n) is 4.81. The van der Waals surface area contributed by atoms with Crippen LogP contribution in [0.25, 0.3) is 0 Å². The quantitative estimate of drug-likeness (QED) is 0.556. The van der Waals surface area contributed by atoms with Crippen molar-refractivity contribution in [2.75, 3.05) is 26.9 Å². The van der Waals surface area contributed by atoms with Crippen molar-refractivity contribution in [3.8, 4) is 0 Å². The number of alkyl halides is 1. The Morgan fingerprint density at radius 2 is 2.06 bits per heavy atom. The second-order valence-corrected chi connectivity index (χ2v) is 5.28. The van der Waals surface area contributed by atoms with Gasteiger partial charge in [-0.25, -0.2) is 0 Å². The summed E-state index contributed by atoms with van der Waals surface area (Å²) in [5, 5.41) is 0.156. The van der Waals surface area contributed by atoms with Crippen LogP contribution in [0.15, 0.2) is 24.3 Å². The second kappa shape index (κ2) is 7.13. The molecule has 0 saturated heterocycles. The van der Waals surface area contributed by atoms with Crippen molar-refractivity contribution >= 4 is 11.6 Å². The molecule has 2 unspecified atom stereocenters. The molecule has 0 spiro atoms. The van der Waals surface area contributed by atoms with Crippen molar-refractivity contribution in [3.63, 3.8) is 0 Å². The van der Waals surface area contributed by atoms with Gasteiger partial charge in [0, 0.05) is 26.9 Å². The normalized spacial score (nSPS) is 22.1. The van der Waals surface area contributed by atoms with Crippen molar-refractivity contribution < 1.29 is 9.47 Å². The van der Waals surface area contributed by atoms with Crippen LogP contribution in [-0.4, -0.2) is 26.9 Å². The maximum Gasteiger partial charge on any atom is 0.0620 e. The monoisotopic (exact) mass is 268 g/mol. The smallest absolute Gasteiger partial charge is 0.0620 e. The molecule has 2 atom stereocenters. The summed E-state index contributed by atoms with van der Waals surface area (Å²) >= 11 is 6.50. The molecular weight excluding hydrogens is 248 g/mol. The van der Waals surface area contributed by atoms with Crippen LogP contribution in [0.4, 0.5) is 0 Å². The average molecular weight is 269 g/mol. The zero-order valence-corrected chi connectivity index (χ0v) is 11.7. The van der Waals surface area contributed by atoms with Crippen molar-refractivity contribution in [1.29, 1.82) is 0 Å². The van der Waals surface area contributed by atoms with Gasteiger partial charge in [0.25, 0.3) is 0 Å². The Labute approximate surface area is 114 Å². The Morgan fingerprint density at radius 3 is 2.83 bits per heavy atom. The number of hydrogen-bond acceptors (Lipinski definition) is 2. The lowest BCUT2D eigenvalue weighted by Crippen LogP contribution is -2.08. The van der Waals surface area contributed by atoms with Gasteiger partial charge < -0.3 is 9.47 Å². The summed E-state index contributed by atoms with van der Waals surface area (Å²) in [6, 6.07) is 8.49. The van der Waals surface area contributed by atoms with Crippen LogP contribution in [0.3, 0.4) is 0 Å². The molecule has 0 radical (unpaired) electrons. The minimum Gasteiger partial charge on any atom is -0.385 e. The highest BCUT2D eigenvalue weighted by atomic mass is 35.5. The number of ether oxygens (including phenoxy) is 2. The molecule has 1 aliphatic rings. The number of benzene rings is 1. The molecule has 2 rings (SSSR count). The van der Waals surface area contributed by atoms with Gasteiger partial charge in [0.2, 0.25) is 0 Å². The molecule has 18 heavy (non-hydrogen) atoms. The molecule has 0 N–H and O–H groups in total. The van der Waals surface area contributed by atoms with Crippen LogP contribution in [-0.2, 0) is 15.9 Å². The lowest BCUT2D eigenvalue weighted by molar-refractivity contribution is 0.0940. The van der Waals surface area contributed by atoms with Crippen LogP contribution in [0, 0.1) is 5.92 Å². The first-order valence-electron chi connectivity index (χ1n) is 6.61. The molecule has 0 heterocycles. The zero-order chi connectivity index (χ0) is 12.8. The highest BCUT2D eigenvalue weighted by Gasteiger charge is 2.29. The first kappa shape index (κ1) is 13.9. The van der Waals surface area contributed by atoms with Crippen LogP contribution in [0.1, 0.15) is 29.3 Å². The van der Waals surface area contributed by atoms with E-state index in [1.165, 1.54) is 11.1 Å². The molecule has 2 nitrogen and oxygen atoms in total. The van der Waals surface area contributed by atoms with E-state index in [2.05, 4.69) is 24.3 Å². The fraction of sp³-hybridized carbons (Fsp3) is 0.600. The molecule has 0 saturated carbocycles. The summed E-state index contributed by atoms with van der Waals surface area (Å²) in [5.41, 5.74) is 2.71. The first-order chi connectivity index (χ1) is 8.83. The molecule has 100 valence electrons. The number of fused-ring (bicyclic) bond motifs is 1. The van der Waals surface area contributed by atoms with Crippen molar-refractivity contribution in [2.45, 2.75) is 24.6 Å². The van der Waals surface area contributed by atoms with Gasteiger partial charge in [0.05, 0.1) is 5.38 Å².